The summed E-state index contributed by atoms with van der Waals surface area (Å²) >= 11 is 0. The molecule has 0 radical (unpaired) electrons. The first-order valence-corrected chi connectivity index (χ1v) is 8.72. The number of carbonyl (C=O) groups is 2. The van der Waals surface area contributed by atoms with Crippen LogP contribution in [0.4, 0.5) is 0 Å². The van der Waals surface area contributed by atoms with E-state index >= 15 is 0 Å². The van der Waals surface area contributed by atoms with E-state index in [-0.39, 0.29) is 18.7 Å². The van der Waals surface area contributed by atoms with Crippen LogP contribution in [0.1, 0.15) is 22.7 Å². The van der Waals surface area contributed by atoms with Gasteiger partial charge in [0, 0.05) is 6.54 Å². The first-order valence-electron chi connectivity index (χ1n) is 8.72. The standard InChI is InChI=1S/C22H21NO4/c1-15-7-10-17(11-8-15)20-19(21(26)22(27)23(20)13-14-24)18(25)12-9-16-5-3-2-4-6-16/h2-12,20,24,26H,13-14H2,1H3/b12-9+. The van der Waals surface area contributed by atoms with E-state index < -0.39 is 23.5 Å². The molecule has 0 aromatic heterocycles. The van der Waals surface area contributed by atoms with E-state index in [1.165, 1.54) is 11.0 Å². The zero-order valence-corrected chi connectivity index (χ0v) is 15.0. The molecule has 2 aromatic rings. The Hall–Kier alpha value is -3.18. The van der Waals surface area contributed by atoms with Gasteiger partial charge in [-0.1, -0.05) is 66.2 Å². The van der Waals surface area contributed by atoms with E-state index in [4.69, 9.17) is 0 Å². The maximum atomic E-state index is 12.8. The van der Waals surface area contributed by atoms with E-state index in [1.54, 1.807) is 6.08 Å². The number of hydrogen-bond donors (Lipinski definition) is 2. The van der Waals surface area contributed by atoms with Crippen molar-refractivity contribution in [2.75, 3.05) is 13.2 Å². The fraction of sp³-hybridized carbons (Fsp3) is 0.182. The van der Waals surface area contributed by atoms with Gasteiger partial charge in [-0.3, -0.25) is 9.59 Å². The minimum absolute atomic E-state index is 0.0284. The normalized spacial score (nSPS) is 17.2. The van der Waals surface area contributed by atoms with Crippen LogP contribution < -0.4 is 0 Å². The second kappa shape index (κ2) is 8.01. The minimum Gasteiger partial charge on any atom is -0.503 e. The third-order valence-corrected chi connectivity index (χ3v) is 4.53. The van der Waals surface area contributed by atoms with Gasteiger partial charge in [0.1, 0.15) is 0 Å². The summed E-state index contributed by atoms with van der Waals surface area (Å²) in [4.78, 5) is 26.6. The summed E-state index contributed by atoms with van der Waals surface area (Å²) in [5.74, 6) is -1.64. The van der Waals surface area contributed by atoms with Crippen LogP contribution in [0.25, 0.3) is 6.08 Å². The Labute approximate surface area is 157 Å². The van der Waals surface area contributed by atoms with Gasteiger partial charge in [-0.15, -0.1) is 0 Å². The summed E-state index contributed by atoms with van der Waals surface area (Å²) in [5.41, 5.74) is 2.63. The highest BCUT2D eigenvalue weighted by Crippen LogP contribution is 2.37. The van der Waals surface area contributed by atoms with Crippen molar-refractivity contribution in [3.8, 4) is 0 Å². The van der Waals surface area contributed by atoms with E-state index in [2.05, 4.69) is 0 Å². The summed E-state index contributed by atoms with van der Waals surface area (Å²) < 4.78 is 0. The first kappa shape index (κ1) is 18.6. The second-order valence-corrected chi connectivity index (χ2v) is 6.41. The highest BCUT2D eigenvalue weighted by Gasteiger charge is 2.42. The van der Waals surface area contributed by atoms with Crippen molar-refractivity contribution in [2.24, 2.45) is 0 Å². The fourth-order valence-electron chi connectivity index (χ4n) is 3.16. The van der Waals surface area contributed by atoms with Crippen LogP contribution in [0.5, 0.6) is 0 Å². The molecule has 138 valence electrons. The van der Waals surface area contributed by atoms with E-state index in [0.29, 0.717) is 5.56 Å². The van der Waals surface area contributed by atoms with Gasteiger partial charge in [0.25, 0.3) is 5.91 Å². The maximum absolute atomic E-state index is 12.8. The molecule has 0 saturated heterocycles. The van der Waals surface area contributed by atoms with E-state index in [9.17, 15) is 19.8 Å². The third kappa shape index (κ3) is 3.83. The van der Waals surface area contributed by atoms with Crippen LogP contribution in [-0.4, -0.2) is 40.0 Å². The van der Waals surface area contributed by atoms with Gasteiger partial charge in [0.15, 0.2) is 11.5 Å². The first-order chi connectivity index (χ1) is 13.0. The number of β-amino-alcohol motifs (C(OH)–C–C–N with tert-alkyl or cyclic N) is 1. The Morgan fingerprint density at radius 1 is 1.11 bits per heavy atom. The van der Waals surface area contributed by atoms with Gasteiger partial charge in [-0.25, -0.2) is 0 Å². The molecule has 1 amide bonds. The molecule has 1 unspecified atom stereocenters. The van der Waals surface area contributed by atoms with Crippen molar-refractivity contribution in [2.45, 2.75) is 13.0 Å². The number of ketones is 1. The number of nitrogens with zero attached hydrogens (tertiary/aromatic N) is 1. The third-order valence-electron chi connectivity index (χ3n) is 4.53. The predicted molar refractivity (Wildman–Crippen MR) is 103 cm³/mol. The lowest BCUT2D eigenvalue weighted by Crippen LogP contribution is -2.33. The molecule has 1 heterocycles. The Morgan fingerprint density at radius 2 is 1.78 bits per heavy atom. The van der Waals surface area contributed by atoms with Crippen LogP contribution in [-0.2, 0) is 9.59 Å². The summed E-state index contributed by atoms with van der Waals surface area (Å²) in [5, 5.41) is 19.7. The number of rotatable bonds is 6. The molecule has 1 atom stereocenters. The number of hydrogen-bond acceptors (Lipinski definition) is 4. The second-order valence-electron chi connectivity index (χ2n) is 6.41. The quantitative estimate of drug-likeness (QED) is 0.774. The van der Waals surface area contributed by atoms with E-state index in [0.717, 1.165) is 11.1 Å². The van der Waals surface area contributed by atoms with Crippen LogP contribution in [0, 0.1) is 6.92 Å². The molecule has 3 rings (SSSR count). The molecule has 0 aliphatic carbocycles. The van der Waals surface area contributed by atoms with Gasteiger partial charge in [-0.2, -0.15) is 0 Å². The number of benzene rings is 2. The number of aryl methyl sites for hydroxylation is 1. The molecule has 27 heavy (non-hydrogen) atoms. The maximum Gasteiger partial charge on any atom is 0.290 e. The summed E-state index contributed by atoms with van der Waals surface area (Å²) in [7, 11) is 0. The van der Waals surface area contributed by atoms with Gasteiger partial charge in [-0.05, 0) is 24.1 Å². The zero-order chi connectivity index (χ0) is 19.4. The molecule has 0 saturated carbocycles. The highest BCUT2D eigenvalue weighted by molar-refractivity contribution is 6.14. The minimum atomic E-state index is -0.724. The monoisotopic (exact) mass is 363 g/mol. The molecule has 0 spiro atoms. The molecule has 5 nitrogen and oxygen atoms in total. The molecule has 5 heteroatoms. The van der Waals surface area contributed by atoms with Crippen molar-refractivity contribution in [3.05, 3.63) is 88.7 Å². The molecule has 0 bridgehead atoms. The van der Waals surface area contributed by atoms with Crippen molar-refractivity contribution >= 4 is 17.8 Å². The molecule has 1 aliphatic rings. The topological polar surface area (TPSA) is 77.8 Å². The smallest absolute Gasteiger partial charge is 0.290 e. The molecule has 2 aromatic carbocycles. The Kier molecular flexibility index (Phi) is 5.52. The van der Waals surface area contributed by atoms with Crippen LogP contribution in [0.2, 0.25) is 0 Å². The van der Waals surface area contributed by atoms with Crippen molar-refractivity contribution in [1.82, 2.24) is 4.90 Å². The highest BCUT2D eigenvalue weighted by atomic mass is 16.3. The van der Waals surface area contributed by atoms with Crippen LogP contribution >= 0.6 is 0 Å². The van der Waals surface area contributed by atoms with Gasteiger partial charge in [0.05, 0.1) is 18.2 Å². The van der Waals surface area contributed by atoms with Crippen molar-refractivity contribution in [3.63, 3.8) is 0 Å². The average Bonchev–Trinajstić information content (AvgIpc) is 2.93. The molecule has 2 N–H and O–H groups in total. The summed E-state index contributed by atoms with van der Waals surface area (Å²) in [6.45, 7) is 1.71. The van der Waals surface area contributed by atoms with Crippen molar-refractivity contribution in [1.29, 1.82) is 0 Å². The number of carbonyl (C=O) groups excluding carboxylic acids is 2. The molecule has 0 fully saturated rings. The number of aliphatic hydroxyl groups is 2. The molecular formula is C22H21NO4. The number of amides is 1. The lowest BCUT2D eigenvalue weighted by atomic mass is 9.95. The van der Waals surface area contributed by atoms with Crippen LogP contribution in [0.15, 0.2) is 72.0 Å². The number of aliphatic hydroxyl groups excluding tert-OH is 2. The zero-order valence-electron chi connectivity index (χ0n) is 15.0. The van der Waals surface area contributed by atoms with Gasteiger partial charge in [0.2, 0.25) is 0 Å². The molecule has 1 aliphatic heterocycles. The lowest BCUT2D eigenvalue weighted by molar-refractivity contribution is -0.129. The van der Waals surface area contributed by atoms with Crippen molar-refractivity contribution < 1.29 is 19.8 Å². The summed E-state index contributed by atoms with van der Waals surface area (Å²) in [6, 6.07) is 16.0. The Balaban J connectivity index is 1.98. The van der Waals surface area contributed by atoms with E-state index in [1.807, 2.05) is 61.5 Å². The van der Waals surface area contributed by atoms with Crippen LogP contribution in [0.3, 0.4) is 0 Å². The fourth-order valence-corrected chi connectivity index (χ4v) is 3.16. The van der Waals surface area contributed by atoms with Gasteiger partial charge >= 0.3 is 0 Å². The SMILES string of the molecule is Cc1ccc(C2C(C(=O)/C=C/c3ccccc3)=C(O)C(=O)N2CCO)cc1. The molecular weight excluding hydrogens is 342 g/mol. The Morgan fingerprint density at radius 3 is 2.41 bits per heavy atom. The Bertz CT molecular complexity index is 898. The summed E-state index contributed by atoms with van der Waals surface area (Å²) in [6.07, 6.45) is 3.01. The largest absolute Gasteiger partial charge is 0.503 e. The lowest BCUT2D eigenvalue weighted by Gasteiger charge is -2.25. The number of allylic oxidation sites excluding steroid dienone is 1. The van der Waals surface area contributed by atoms with Gasteiger partial charge < -0.3 is 15.1 Å². The predicted octanol–water partition coefficient (Wildman–Crippen LogP) is 2.97. The average molecular weight is 363 g/mol.